The predicted molar refractivity (Wildman–Crippen MR) is 419 cm³/mol. The number of ether oxygens (including phenoxy) is 4. The Morgan fingerprint density at radius 1 is 0.361 bits per heavy atom. The van der Waals surface area contributed by atoms with E-state index in [-0.39, 0.29) is 6.61 Å². The van der Waals surface area contributed by atoms with Gasteiger partial charge in [-0.05, 0) is 49.9 Å². The molecule has 0 aromatic heterocycles. The first kappa shape index (κ1) is 92.3. The fraction of sp³-hybridized carbons (Fsp3) is 0.989. The maximum atomic E-state index is 13.4. The van der Waals surface area contributed by atoms with Crippen LogP contribution in [0.4, 0.5) is 0 Å². The van der Waals surface area contributed by atoms with E-state index in [0.29, 0.717) is 24.9 Å². The van der Waals surface area contributed by atoms with E-state index in [4.69, 9.17) is 18.9 Å². The van der Waals surface area contributed by atoms with Gasteiger partial charge < -0.3 is 34.3 Å². The Labute approximate surface area is 606 Å². The number of hydrogen-bond donors (Lipinski definition) is 3. The molecule has 3 N–H and O–H groups in total. The molecule has 8 nitrogen and oxygen atoms in total. The Kier molecular flexibility index (Phi) is 67.4. The molecule has 0 unspecified atom stereocenters. The van der Waals surface area contributed by atoms with Gasteiger partial charge in [0.2, 0.25) is 0 Å². The molecule has 1 saturated heterocycles. The quantitative estimate of drug-likeness (QED) is 0.0408. The molecule has 1 aliphatic carbocycles. The predicted octanol–water partition coefficient (Wildman–Crippen LogP) is 27.6. The van der Waals surface area contributed by atoms with Gasteiger partial charge in [0, 0.05) is 14.2 Å². The molecule has 0 radical (unpaired) electrons. The van der Waals surface area contributed by atoms with E-state index in [1.807, 2.05) is 7.11 Å². The molecule has 0 aromatic rings. The van der Waals surface area contributed by atoms with Crippen LogP contribution >= 0.6 is 0 Å². The molecule has 1 aliphatic heterocycles. The van der Waals surface area contributed by atoms with Gasteiger partial charge in [-0.1, -0.05) is 451 Å². The van der Waals surface area contributed by atoms with Gasteiger partial charge in [-0.15, -0.1) is 0 Å². The number of hydrogen-bond acceptors (Lipinski definition) is 8. The molecular formula is C89H174O8. The van der Waals surface area contributed by atoms with Gasteiger partial charge >= 0.3 is 5.97 Å². The summed E-state index contributed by atoms with van der Waals surface area (Å²) in [5, 5.41) is 32.0. The second-order valence-electron chi connectivity index (χ2n) is 32.6. The summed E-state index contributed by atoms with van der Waals surface area (Å²) >= 11 is 0. The first-order valence-corrected chi connectivity index (χ1v) is 44.7. The summed E-state index contributed by atoms with van der Waals surface area (Å²) in [6.45, 7) is 6.88. The van der Waals surface area contributed by atoms with Crippen molar-refractivity contribution < 1.29 is 39.1 Å². The minimum absolute atomic E-state index is 0.168. The number of methoxy groups -OCH3 is 2. The van der Waals surface area contributed by atoms with Gasteiger partial charge in [0.1, 0.15) is 24.9 Å². The van der Waals surface area contributed by atoms with E-state index in [2.05, 4.69) is 20.8 Å². The lowest BCUT2D eigenvalue weighted by molar-refractivity contribution is -0.170. The zero-order chi connectivity index (χ0) is 69.8. The monoisotopic (exact) mass is 1370 g/mol. The van der Waals surface area contributed by atoms with Crippen molar-refractivity contribution in [3.8, 4) is 0 Å². The van der Waals surface area contributed by atoms with Crippen molar-refractivity contribution in [2.45, 2.75) is 520 Å². The number of unbranched alkanes of at least 4 members (excludes halogenated alkanes) is 61. The van der Waals surface area contributed by atoms with Crippen molar-refractivity contribution in [1.82, 2.24) is 0 Å². The lowest BCUT2D eigenvalue weighted by Crippen LogP contribution is -2.37. The number of aliphatic hydroxyl groups excluding tert-OH is 3. The SMILES string of the molecule is CCCCCCCCCCCCCCCCCCCCCC[C@@H](C(=O)OC[C@H]1O[C@H](OC)[C@@H](O)[C@@H]1O)[C@H](O)CCCCCCCCCCCCCCCCC[C@H]1C[C@H]1CCCCCCCCCCCCCCCC[C@H](OC)[C@@H](C)CCCCCCCCCCCCCCCCCC. The maximum absolute atomic E-state index is 13.4. The van der Waals surface area contributed by atoms with Crippen LogP contribution in [0.1, 0.15) is 483 Å². The number of carbonyl (C=O) groups excluding carboxylic acids is 1. The Balaban J connectivity index is 1.33. The fourth-order valence-electron chi connectivity index (χ4n) is 16.4. The summed E-state index contributed by atoms with van der Waals surface area (Å²) < 4.78 is 22.4. The van der Waals surface area contributed by atoms with Crippen LogP contribution < -0.4 is 0 Å². The lowest BCUT2D eigenvalue weighted by atomic mass is 9.91. The number of carbonyl (C=O) groups is 1. The molecule has 0 spiro atoms. The van der Waals surface area contributed by atoms with Crippen molar-refractivity contribution in [2.75, 3.05) is 20.8 Å². The molecule has 0 bridgehead atoms. The third kappa shape index (κ3) is 56.3. The highest BCUT2D eigenvalue weighted by molar-refractivity contribution is 5.73. The van der Waals surface area contributed by atoms with Crippen molar-refractivity contribution >= 4 is 5.97 Å². The zero-order valence-electron chi connectivity index (χ0n) is 66.3. The second-order valence-corrected chi connectivity index (χ2v) is 32.6. The molecule has 0 amide bonds. The summed E-state index contributed by atoms with van der Waals surface area (Å²) in [7, 11) is 3.37. The molecule has 578 valence electrons. The molecule has 97 heavy (non-hydrogen) atoms. The van der Waals surface area contributed by atoms with Gasteiger partial charge in [0.05, 0.1) is 18.1 Å². The molecule has 2 rings (SSSR count). The van der Waals surface area contributed by atoms with Crippen molar-refractivity contribution in [3.05, 3.63) is 0 Å². The zero-order valence-corrected chi connectivity index (χ0v) is 66.3. The Morgan fingerprint density at radius 3 is 0.918 bits per heavy atom. The van der Waals surface area contributed by atoms with E-state index in [1.165, 1.54) is 424 Å². The number of esters is 1. The van der Waals surface area contributed by atoms with E-state index >= 15 is 0 Å². The molecule has 0 aromatic carbocycles. The minimum Gasteiger partial charge on any atom is -0.463 e. The second kappa shape index (κ2) is 70.9. The molecule has 1 heterocycles. The molecular weight excluding hydrogens is 1200 g/mol. The first-order valence-electron chi connectivity index (χ1n) is 44.7. The van der Waals surface area contributed by atoms with Crippen LogP contribution in [0.15, 0.2) is 0 Å². The third-order valence-electron chi connectivity index (χ3n) is 23.5. The summed E-state index contributed by atoms with van der Waals surface area (Å²) in [5.74, 6) is 1.84. The summed E-state index contributed by atoms with van der Waals surface area (Å²) in [6.07, 6.45) is 93.6. The summed E-state index contributed by atoms with van der Waals surface area (Å²) in [6, 6.07) is 0. The Bertz CT molecular complexity index is 1580. The number of rotatable bonds is 80. The molecule has 8 heteroatoms. The van der Waals surface area contributed by atoms with E-state index in [9.17, 15) is 20.1 Å². The normalized spacial score (nSPS) is 19.1. The fourth-order valence-corrected chi connectivity index (χ4v) is 16.4. The van der Waals surface area contributed by atoms with Crippen LogP contribution in [0.25, 0.3) is 0 Å². The van der Waals surface area contributed by atoms with Crippen LogP contribution in [0.5, 0.6) is 0 Å². The number of aliphatic hydroxyl groups is 3. The smallest absolute Gasteiger partial charge is 0.311 e. The van der Waals surface area contributed by atoms with E-state index < -0.39 is 42.6 Å². The average Bonchev–Trinajstić information content (AvgIpc) is 1.73. The topological polar surface area (TPSA) is 115 Å². The van der Waals surface area contributed by atoms with Crippen LogP contribution in [0, 0.1) is 23.7 Å². The molecule has 10 atom stereocenters. The summed E-state index contributed by atoms with van der Waals surface area (Å²) in [5.41, 5.74) is 0. The van der Waals surface area contributed by atoms with Gasteiger partial charge in [-0.25, -0.2) is 0 Å². The minimum atomic E-state index is -1.19. The van der Waals surface area contributed by atoms with Crippen molar-refractivity contribution in [2.24, 2.45) is 23.7 Å². The van der Waals surface area contributed by atoms with Crippen LogP contribution in [0.3, 0.4) is 0 Å². The standard InChI is InChI=1S/C89H174O8/c1-6-8-10-12-14-16-18-20-22-24-25-26-27-31-38-44-50-56-62-68-74-82(88(93)96-78-85-86(91)87(92)89(95-5)97-85)83(90)75-69-63-57-51-45-39-32-28-30-36-42-48-54-60-66-72-80-77-81(80)73-67-61-55-49-43-37-33-34-40-46-52-58-64-70-76-84(94-4)79(3)71-65-59-53-47-41-35-29-23-21-19-17-15-13-11-9-7-2/h79-87,89-92H,6-78H2,1-5H3/t79-,80-,81+,82+,83+,84-,85+,86+,87-,89-/m0/s1. The Morgan fingerprint density at radius 2 is 0.629 bits per heavy atom. The third-order valence-corrected chi connectivity index (χ3v) is 23.5. The van der Waals surface area contributed by atoms with Crippen molar-refractivity contribution in [1.29, 1.82) is 0 Å². The van der Waals surface area contributed by atoms with Crippen LogP contribution in [-0.2, 0) is 23.7 Å². The van der Waals surface area contributed by atoms with Gasteiger partial charge in [0.15, 0.2) is 6.29 Å². The first-order chi connectivity index (χ1) is 47.8. The lowest BCUT2D eigenvalue weighted by Gasteiger charge is -2.23. The highest BCUT2D eigenvalue weighted by Crippen LogP contribution is 2.46. The highest BCUT2D eigenvalue weighted by atomic mass is 16.7. The van der Waals surface area contributed by atoms with E-state index in [1.54, 1.807) is 0 Å². The summed E-state index contributed by atoms with van der Waals surface area (Å²) in [4.78, 5) is 13.4. The van der Waals surface area contributed by atoms with Crippen LogP contribution in [0.2, 0.25) is 0 Å². The molecule has 1 saturated carbocycles. The van der Waals surface area contributed by atoms with Gasteiger partial charge in [0.25, 0.3) is 0 Å². The largest absolute Gasteiger partial charge is 0.463 e. The Hall–Kier alpha value is -0.770. The molecule has 2 fully saturated rings. The average molecular weight is 1370 g/mol. The maximum Gasteiger partial charge on any atom is 0.311 e. The molecule has 2 aliphatic rings. The van der Waals surface area contributed by atoms with Crippen molar-refractivity contribution in [3.63, 3.8) is 0 Å². The highest BCUT2D eigenvalue weighted by Gasteiger charge is 2.44. The van der Waals surface area contributed by atoms with Gasteiger partial charge in [-0.2, -0.15) is 0 Å². The van der Waals surface area contributed by atoms with Crippen LogP contribution in [-0.4, -0.2) is 78.9 Å². The van der Waals surface area contributed by atoms with E-state index in [0.717, 1.165) is 43.9 Å². The van der Waals surface area contributed by atoms with Gasteiger partial charge in [-0.3, -0.25) is 4.79 Å².